The van der Waals surface area contributed by atoms with Gasteiger partial charge in [0.25, 0.3) is 0 Å². The van der Waals surface area contributed by atoms with Crippen molar-refractivity contribution in [3.63, 3.8) is 0 Å². The molecule has 0 bridgehead atoms. The van der Waals surface area contributed by atoms with Gasteiger partial charge in [-0.2, -0.15) is 0 Å². The molecule has 5 nitrogen and oxygen atoms in total. The van der Waals surface area contributed by atoms with Crippen molar-refractivity contribution in [3.8, 4) is 0 Å². The van der Waals surface area contributed by atoms with E-state index >= 15 is 0 Å². The Kier molecular flexibility index (Phi) is 4.63. The van der Waals surface area contributed by atoms with Crippen molar-refractivity contribution in [1.82, 2.24) is 4.90 Å². The number of carbonyl (C=O) groups excluding carboxylic acids is 1. The van der Waals surface area contributed by atoms with Crippen LogP contribution in [0.25, 0.3) is 0 Å². The molecule has 6 heteroatoms. The van der Waals surface area contributed by atoms with Crippen molar-refractivity contribution in [2.75, 3.05) is 25.1 Å². The summed E-state index contributed by atoms with van der Waals surface area (Å²) in [4.78, 5) is 13.8. The van der Waals surface area contributed by atoms with E-state index in [1.54, 1.807) is 29.2 Å². The first-order valence-electron chi connectivity index (χ1n) is 6.20. The number of benzene rings is 1. The Balaban J connectivity index is 2.04. The molecule has 0 aliphatic carbocycles. The molecule has 2 atom stereocenters. The molecule has 1 saturated heterocycles. The minimum absolute atomic E-state index is 0.265. The maximum atomic E-state index is 12.2. The first-order chi connectivity index (χ1) is 9.11. The molecule has 0 unspecified atom stereocenters. The number of hydrogen-bond donors (Lipinski definition) is 2. The van der Waals surface area contributed by atoms with E-state index < -0.39 is 6.10 Å². The van der Waals surface area contributed by atoms with Crippen molar-refractivity contribution >= 4 is 23.3 Å². The van der Waals surface area contributed by atoms with Crippen molar-refractivity contribution < 1.29 is 14.6 Å². The van der Waals surface area contributed by atoms with Crippen molar-refractivity contribution in [3.05, 3.63) is 29.3 Å². The zero-order valence-corrected chi connectivity index (χ0v) is 11.4. The third kappa shape index (κ3) is 3.37. The van der Waals surface area contributed by atoms with E-state index in [9.17, 15) is 9.90 Å². The standard InChI is InChI=1S/C13H17ClN2O3/c1-2-16(11-7-19-8-12(11)17)13(18)15-10-5-3-4-9(14)6-10/h3-6,11-12,17H,2,7-8H2,1H3,(H,15,18)/t11-,12-/m1/s1. The number of nitrogens with zero attached hydrogens (tertiary/aromatic N) is 1. The summed E-state index contributed by atoms with van der Waals surface area (Å²) < 4.78 is 5.18. The van der Waals surface area contributed by atoms with Crippen LogP contribution in [0.15, 0.2) is 24.3 Å². The second-order valence-corrected chi connectivity index (χ2v) is 4.84. The average molecular weight is 285 g/mol. The Hall–Kier alpha value is -1.30. The van der Waals surface area contributed by atoms with Crippen LogP contribution in [0.1, 0.15) is 6.92 Å². The lowest BCUT2D eigenvalue weighted by Gasteiger charge is -2.28. The number of hydrogen-bond acceptors (Lipinski definition) is 3. The van der Waals surface area contributed by atoms with E-state index in [2.05, 4.69) is 5.32 Å². The summed E-state index contributed by atoms with van der Waals surface area (Å²) >= 11 is 5.87. The van der Waals surface area contributed by atoms with Crippen LogP contribution >= 0.6 is 11.6 Å². The largest absolute Gasteiger partial charge is 0.388 e. The van der Waals surface area contributed by atoms with Gasteiger partial charge in [-0.1, -0.05) is 17.7 Å². The highest BCUT2D eigenvalue weighted by molar-refractivity contribution is 6.30. The number of carbonyl (C=O) groups is 1. The first-order valence-corrected chi connectivity index (χ1v) is 6.58. The lowest BCUT2D eigenvalue weighted by molar-refractivity contribution is 0.1000. The Morgan fingerprint density at radius 1 is 1.58 bits per heavy atom. The Morgan fingerprint density at radius 2 is 2.37 bits per heavy atom. The SMILES string of the molecule is CCN(C(=O)Nc1cccc(Cl)c1)[C@@H]1COC[C@H]1O. The van der Waals surface area contributed by atoms with Crippen molar-refractivity contribution in [2.24, 2.45) is 0 Å². The van der Waals surface area contributed by atoms with E-state index in [1.807, 2.05) is 6.92 Å². The molecule has 0 spiro atoms. The summed E-state index contributed by atoms with van der Waals surface area (Å²) in [6.45, 7) is 2.99. The summed E-state index contributed by atoms with van der Waals surface area (Å²) in [5.41, 5.74) is 0.629. The maximum Gasteiger partial charge on any atom is 0.322 e. The number of amides is 2. The van der Waals surface area contributed by atoms with Crippen molar-refractivity contribution in [1.29, 1.82) is 0 Å². The van der Waals surface area contributed by atoms with E-state index in [0.717, 1.165) is 0 Å². The van der Waals surface area contributed by atoms with Crippen LogP contribution < -0.4 is 5.32 Å². The molecule has 2 N–H and O–H groups in total. The molecule has 2 amide bonds. The highest BCUT2D eigenvalue weighted by Gasteiger charge is 2.33. The molecular formula is C13H17ClN2O3. The van der Waals surface area contributed by atoms with Gasteiger partial charge in [-0.05, 0) is 25.1 Å². The molecule has 1 aromatic carbocycles. The second kappa shape index (κ2) is 6.23. The van der Waals surface area contributed by atoms with Gasteiger partial charge in [0.2, 0.25) is 0 Å². The topological polar surface area (TPSA) is 61.8 Å². The van der Waals surface area contributed by atoms with Crippen LogP contribution in [-0.2, 0) is 4.74 Å². The van der Waals surface area contributed by atoms with Crippen LogP contribution in [-0.4, -0.2) is 47.9 Å². The van der Waals surface area contributed by atoms with Gasteiger partial charge in [0.15, 0.2) is 0 Å². The number of halogens is 1. The fourth-order valence-corrected chi connectivity index (χ4v) is 2.31. The number of likely N-dealkylation sites (N-methyl/N-ethyl adjacent to an activating group) is 1. The zero-order valence-electron chi connectivity index (χ0n) is 10.7. The van der Waals surface area contributed by atoms with Crippen LogP contribution in [0, 0.1) is 0 Å². The number of urea groups is 1. The van der Waals surface area contributed by atoms with Gasteiger partial charge in [0.05, 0.1) is 25.4 Å². The Bertz CT molecular complexity index is 455. The number of aliphatic hydroxyl groups is 1. The Morgan fingerprint density at radius 3 is 2.95 bits per heavy atom. The molecule has 0 saturated carbocycles. The molecule has 1 aliphatic rings. The molecular weight excluding hydrogens is 268 g/mol. The summed E-state index contributed by atoms with van der Waals surface area (Å²) in [6.07, 6.45) is -0.634. The van der Waals surface area contributed by atoms with Gasteiger partial charge in [-0.3, -0.25) is 0 Å². The van der Waals surface area contributed by atoms with Gasteiger partial charge >= 0.3 is 6.03 Å². The smallest absolute Gasteiger partial charge is 0.322 e. The van der Waals surface area contributed by atoms with Gasteiger partial charge in [0.1, 0.15) is 0 Å². The monoisotopic (exact) mass is 284 g/mol. The van der Waals surface area contributed by atoms with Gasteiger partial charge in [-0.15, -0.1) is 0 Å². The van der Waals surface area contributed by atoms with Crippen LogP contribution in [0.2, 0.25) is 5.02 Å². The average Bonchev–Trinajstić information content (AvgIpc) is 2.77. The highest BCUT2D eigenvalue weighted by Crippen LogP contribution is 2.18. The van der Waals surface area contributed by atoms with Gasteiger partial charge in [-0.25, -0.2) is 4.79 Å². The molecule has 1 aromatic rings. The summed E-state index contributed by atoms with van der Waals surface area (Å²) in [5, 5.41) is 13.1. The molecule has 0 radical (unpaired) electrons. The minimum atomic E-state index is -0.634. The third-order valence-electron chi connectivity index (χ3n) is 3.10. The summed E-state index contributed by atoms with van der Waals surface area (Å²) in [6, 6.07) is 6.38. The van der Waals surface area contributed by atoms with Gasteiger partial charge < -0.3 is 20.1 Å². The predicted octanol–water partition coefficient (Wildman–Crippen LogP) is 1.95. The molecule has 1 aliphatic heterocycles. The number of rotatable bonds is 3. The van der Waals surface area contributed by atoms with E-state index in [0.29, 0.717) is 23.9 Å². The zero-order chi connectivity index (χ0) is 13.8. The maximum absolute atomic E-state index is 12.2. The molecule has 104 valence electrons. The van der Waals surface area contributed by atoms with E-state index in [1.165, 1.54) is 0 Å². The molecule has 2 rings (SSSR count). The second-order valence-electron chi connectivity index (χ2n) is 4.40. The number of ether oxygens (including phenoxy) is 1. The van der Waals surface area contributed by atoms with Crippen molar-refractivity contribution in [2.45, 2.75) is 19.1 Å². The number of aliphatic hydroxyl groups excluding tert-OH is 1. The summed E-state index contributed by atoms with van der Waals surface area (Å²) in [7, 11) is 0. The summed E-state index contributed by atoms with van der Waals surface area (Å²) in [5.74, 6) is 0. The molecule has 0 aromatic heterocycles. The quantitative estimate of drug-likeness (QED) is 0.892. The lowest BCUT2D eigenvalue weighted by atomic mass is 10.2. The van der Waals surface area contributed by atoms with Crippen LogP contribution in [0.5, 0.6) is 0 Å². The third-order valence-corrected chi connectivity index (χ3v) is 3.33. The normalized spacial score (nSPS) is 22.3. The molecule has 19 heavy (non-hydrogen) atoms. The molecule has 1 fully saturated rings. The van der Waals surface area contributed by atoms with E-state index in [-0.39, 0.29) is 18.7 Å². The van der Waals surface area contributed by atoms with Gasteiger partial charge in [0, 0.05) is 17.3 Å². The molecule has 1 heterocycles. The van der Waals surface area contributed by atoms with Crippen LogP contribution in [0.4, 0.5) is 10.5 Å². The fourth-order valence-electron chi connectivity index (χ4n) is 2.12. The Labute approximate surface area is 117 Å². The number of nitrogens with one attached hydrogen (secondary N) is 1. The lowest BCUT2D eigenvalue weighted by Crippen LogP contribution is -2.48. The van der Waals surface area contributed by atoms with Crippen LogP contribution in [0.3, 0.4) is 0 Å². The minimum Gasteiger partial charge on any atom is -0.388 e. The first kappa shape index (κ1) is 14.1. The highest BCUT2D eigenvalue weighted by atomic mass is 35.5. The predicted molar refractivity (Wildman–Crippen MR) is 73.5 cm³/mol. The number of anilines is 1. The fraction of sp³-hybridized carbons (Fsp3) is 0.462. The van der Waals surface area contributed by atoms with E-state index in [4.69, 9.17) is 16.3 Å².